The van der Waals surface area contributed by atoms with Crippen molar-refractivity contribution in [1.82, 2.24) is 0 Å². The van der Waals surface area contributed by atoms with Gasteiger partial charge in [-0.3, -0.25) is 0 Å². The Morgan fingerprint density at radius 2 is 2.17 bits per heavy atom. The van der Waals surface area contributed by atoms with Crippen molar-refractivity contribution >= 4 is 11.4 Å². The summed E-state index contributed by atoms with van der Waals surface area (Å²) in [7, 11) is 0. The van der Waals surface area contributed by atoms with Gasteiger partial charge in [0.2, 0.25) is 0 Å². The maximum atomic E-state index is 6.07. The van der Waals surface area contributed by atoms with Crippen LogP contribution in [0.25, 0.3) is 0 Å². The smallest absolute Gasteiger partial charge is 0.0749 e. The highest BCUT2D eigenvalue weighted by Crippen LogP contribution is 2.24. The fraction of sp³-hybridized carbons (Fsp3) is 0.600. The minimum Gasteiger partial charge on any atom is -0.397 e. The Bertz CT molecular complexity index is 361. The van der Waals surface area contributed by atoms with Crippen LogP contribution in [0.1, 0.15) is 32.6 Å². The molecule has 3 nitrogen and oxygen atoms in total. The van der Waals surface area contributed by atoms with Crippen molar-refractivity contribution in [2.75, 3.05) is 30.3 Å². The molecule has 0 amide bonds. The lowest BCUT2D eigenvalue weighted by Gasteiger charge is -2.32. The minimum absolute atomic E-state index is 0.366. The Morgan fingerprint density at radius 1 is 1.33 bits per heavy atom. The second-order valence-electron chi connectivity index (χ2n) is 4.99. The molecule has 0 radical (unpaired) electrons. The van der Waals surface area contributed by atoms with Crippen molar-refractivity contribution in [2.45, 2.75) is 38.7 Å². The largest absolute Gasteiger partial charge is 0.397 e. The Labute approximate surface area is 110 Å². The maximum Gasteiger partial charge on any atom is 0.0749 e. The van der Waals surface area contributed by atoms with Gasteiger partial charge in [0, 0.05) is 19.7 Å². The van der Waals surface area contributed by atoms with Crippen LogP contribution in [0.5, 0.6) is 0 Å². The monoisotopic (exact) mass is 248 g/mol. The molecule has 0 bridgehead atoms. The van der Waals surface area contributed by atoms with Crippen molar-refractivity contribution in [3.8, 4) is 0 Å². The average Bonchev–Trinajstić information content (AvgIpc) is 2.40. The van der Waals surface area contributed by atoms with Crippen LogP contribution in [0, 0.1) is 0 Å². The van der Waals surface area contributed by atoms with Crippen LogP contribution in [0.4, 0.5) is 11.4 Å². The van der Waals surface area contributed by atoms with E-state index < -0.39 is 0 Å². The van der Waals surface area contributed by atoms with Gasteiger partial charge in [0.15, 0.2) is 0 Å². The first-order valence-electron chi connectivity index (χ1n) is 7.02. The molecule has 0 saturated carbocycles. The SMILES string of the molecule is CCCN(CC1CCCCO1)c1ccccc1N. The number of anilines is 2. The third-order valence-electron chi connectivity index (χ3n) is 3.47. The van der Waals surface area contributed by atoms with Crippen LogP contribution in [-0.4, -0.2) is 25.8 Å². The summed E-state index contributed by atoms with van der Waals surface area (Å²) in [5, 5.41) is 0. The van der Waals surface area contributed by atoms with Gasteiger partial charge in [0.25, 0.3) is 0 Å². The first kappa shape index (κ1) is 13.2. The first-order chi connectivity index (χ1) is 8.81. The van der Waals surface area contributed by atoms with Gasteiger partial charge in [-0.05, 0) is 37.8 Å². The lowest BCUT2D eigenvalue weighted by atomic mass is 10.1. The number of rotatable bonds is 5. The predicted octanol–water partition coefficient (Wildman–Crippen LogP) is 3.05. The summed E-state index contributed by atoms with van der Waals surface area (Å²) < 4.78 is 5.83. The van der Waals surface area contributed by atoms with Crippen molar-refractivity contribution in [3.05, 3.63) is 24.3 Å². The molecule has 1 aliphatic rings. The van der Waals surface area contributed by atoms with Crippen LogP contribution >= 0.6 is 0 Å². The van der Waals surface area contributed by atoms with E-state index in [0.29, 0.717) is 6.10 Å². The first-order valence-corrected chi connectivity index (χ1v) is 7.02. The number of hydrogen-bond acceptors (Lipinski definition) is 3. The number of benzene rings is 1. The Balaban J connectivity index is 2.05. The highest BCUT2D eigenvalue weighted by atomic mass is 16.5. The number of nitrogens with zero attached hydrogens (tertiary/aromatic N) is 1. The molecule has 0 aliphatic carbocycles. The van der Waals surface area contributed by atoms with E-state index in [-0.39, 0.29) is 0 Å². The van der Waals surface area contributed by atoms with Crippen LogP contribution in [0.15, 0.2) is 24.3 Å². The number of nitrogens with two attached hydrogens (primary N) is 1. The minimum atomic E-state index is 0.366. The van der Waals surface area contributed by atoms with Crippen molar-refractivity contribution in [1.29, 1.82) is 0 Å². The molecule has 3 heteroatoms. The van der Waals surface area contributed by atoms with Crippen LogP contribution in [0.3, 0.4) is 0 Å². The van der Waals surface area contributed by atoms with E-state index in [1.54, 1.807) is 0 Å². The molecule has 1 aliphatic heterocycles. The van der Waals surface area contributed by atoms with E-state index in [1.807, 2.05) is 12.1 Å². The molecule has 1 aromatic carbocycles. The summed E-state index contributed by atoms with van der Waals surface area (Å²) in [6.07, 6.45) is 5.16. The van der Waals surface area contributed by atoms with E-state index in [4.69, 9.17) is 10.5 Å². The Kier molecular flexibility index (Phi) is 4.88. The van der Waals surface area contributed by atoms with E-state index in [2.05, 4.69) is 24.0 Å². The van der Waals surface area contributed by atoms with Gasteiger partial charge in [-0.25, -0.2) is 0 Å². The molecule has 2 N–H and O–H groups in total. The van der Waals surface area contributed by atoms with Crippen molar-refractivity contribution in [2.24, 2.45) is 0 Å². The summed E-state index contributed by atoms with van der Waals surface area (Å²) in [5.74, 6) is 0. The summed E-state index contributed by atoms with van der Waals surface area (Å²) in [5.41, 5.74) is 8.08. The van der Waals surface area contributed by atoms with Crippen LogP contribution < -0.4 is 10.6 Å². The van der Waals surface area contributed by atoms with E-state index in [0.717, 1.165) is 37.5 Å². The fourth-order valence-electron chi connectivity index (χ4n) is 2.55. The van der Waals surface area contributed by atoms with E-state index in [9.17, 15) is 0 Å². The van der Waals surface area contributed by atoms with E-state index >= 15 is 0 Å². The number of para-hydroxylation sites is 2. The molecule has 0 aromatic heterocycles. The summed E-state index contributed by atoms with van der Waals surface area (Å²) >= 11 is 0. The summed E-state index contributed by atoms with van der Waals surface area (Å²) in [6.45, 7) is 5.11. The predicted molar refractivity (Wildman–Crippen MR) is 76.9 cm³/mol. The summed E-state index contributed by atoms with van der Waals surface area (Å²) in [6, 6.07) is 8.11. The zero-order valence-corrected chi connectivity index (χ0v) is 11.3. The standard InChI is InChI=1S/C15H24N2O/c1-2-10-17(12-13-7-5-6-11-18-13)15-9-4-3-8-14(15)16/h3-4,8-9,13H,2,5-7,10-12,16H2,1H3. The maximum absolute atomic E-state index is 6.07. The highest BCUT2D eigenvalue weighted by Gasteiger charge is 2.18. The van der Waals surface area contributed by atoms with Gasteiger partial charge in [0.05, 0.1) is 17.5 Å². The van der Waals surface area contributed by atoms with Gasteiger partial charge in [-0.1, -0.05) is 19.1 Å². The highest BCUT2D eigenvalue weighted by molar-refractivity contribution is 5.67. The van der Waals surface area contributed by atoms with Gasteiger partial charge in [-0.15, -0.1) is 0 Å². The molecule has 0 spiro atoms. The Hall–Kier alpha value is -1.22. The van der Waals surface area contributed by atoms with Crippen LogP contribution in [-0.2, 0) is 4.74 Å². The van der Waals surface area contributed by atoms with Crippen molar-refractivity contribution in [3.63, 3.8) is 0 Å². The zero-order chi connectivity index (χ0) is 12.8. The van der Waals surface area contributed by atoms with Crippen molar-refractivity contribution < 1.29 is 4.74 Å². The van der Waals surface area contributed by atoms with Gasteiger partial charge >= 0.3 is 0 Å². The molecule has 2 rings (SSSR count). The molecule has 1 fully saturated rings. The molecule has 1 unspecified atom stereocenters. The number of nitrogen functional groups attached to an aromatic ring is 1. The van der Waals surface area contributed by atoms with Gasteiger partial charge in [-0.2, -0.15) is 0 Å². The lowest BCUT2D eigenvalue weighted by molar-refractivity contribution is 0.0210. The molecule has 18 heavy (non-hydrogen) atoms. The second kappa shape index (κ2) is 6.64. The molecule has 1 saturated heterocycles. The van der Waals surface area contributed by atoms with Gasteiger partial charge < -0.3 is 15.4 Å². The molecule has 1 aromatic rings. The summed E-state index contributed by atoms with van der Waals surface area (Å²) in [4.78, 5) is 2.37. The topological polar surface area (TPSA) is 38.5 Å². The fourth-order valence-corrected chi connectivity index (χ4v) is 2.55. The molecule has 1 atom stereocenters. The average molecular weight is 248 g/mol. The molecule has 100 valence electrons. The van der Waals surface area contributed by atoms with Crippen LogP contribution in [0.2, 0.25) is 0 Å². The van der Waals surface area contributed by atoms with Gasteiger partial charge in [0.1, 0.15) is 0 Å². The third-order valence-corrected chi connectivity index (χ3v) is 3.47. The van der Waals surface area contributed by atoms with E-state index in [1.165, 1.54) is 19.3 Å². The molecular formula is C15H24N2O. The molecular weight excluding hydrogens is 224 g/mol. The quantitative estimate of drug-likeness (QED) is 0.814. The number of ether oxygens (including phenoxy) is 1. The molecule has 1 heterocycles. The lowest BCUT2D eigenvalue weighted by Crippen LogP contribution is -2.36. The number of hydrogen-bond donors (Lipinski definition) is 1. The normalized spacial score (nSPS) is 19.7. The Morgan fingerprint density at radius 3 is 2.83 bits per heavy atom. The second-order valence-corrected chi connectivity index (χ2v) is 4.99. The zero-order valence-electron chi connectivity index (χ0n) is 11.3. The third kappa shape index (κ3) is 3.39.